The molecule has 0 amide bonds. The van der Waals surface area contributed by atoms with E-state index in [1.165, 1.54) is 29.6 Å². The summed E-state index contributed by atoms with van der Waals surface area (Å²) in [6.07, 6.45) is 6.05. The van der Waals surface area contributed by atoms with Gasteiger partial charge in [0, 0.05) is 19.1 Å². The Bertz CT molecular complexity index is 591. The Morgan fingerprint density at radius 2 is 2.38 bits per heavy atom. The van der Waals surface area contributed by atoms with E-state index in [4.69, 9.17) is 0 Å². The molecule has 0 spiro atoms. The number of halogens is 1. The first kappa shape index (κ1) is 14.3. The van der Waals surface area contributed by atoms with E-state index in [9.17, 15) is 4.39 Å². The van der Waals surface area contributed by atoms with Gasteiger partial charge in [-0.2, -0.15) is 4.98 Å². The summed E-state index contributed by atoms with van der Waals surface area (Å²) >= 11 is 0. The summed E-state index contributed by atoms with van der Waals surface area (Å²) in [6, 6.07) is 3.59. The van der Waals surface area contributed by atoms with Gasteiger partial charge in [-0.1, -0.05) is 13.3 Å². The smallest absolute Gasteiger partial charge is 0.245 e. The highest BCUT2D eigenvalue weighted by atomic mass is 19.1. The third-order valence-corrected chi connectivity index (χ3v) is 3.95. The zero-order valence-corrected chi connectivity index (χ0v) is 12.4. The number of unbranched alkanes of at least 4 members (excludes halogenated alkanes) is 1. The molecule has 0 saturated carbocycles. The number of fused-ring (bicyclic) bond motifs is 1. The molecule has 0 radical (unpaired) electrons. The second kappa shape index (κ2) is 6.39. The third-order valence-electron chi connectivity index (χ3n) is 3.95. The van der Waals surface area contributed by atoms with E-state index in [1.807, 2.05) is 0 Å². The highest BCUT2D eigenvalue weighted by molar-refractivity contribution is 5.44. The highest BCUT2D eigenvalue weighted by Gasteiger charge is 2.20. The molecule has 3 rings (SSSR count). The van der Waals surface area contributed by atoms with E-state index >= 15 is 0 Å². The summed E-state index contributed by atoms with van der Waals surface area (Å²) < 4.78 is 14.8. The predicted octanol–water partition coefficient (Wildman–Crippen LogP) is 2.23. The van der Waals surface area contributed by atoms with Crippen molar-refractivity contribution in [3.8, 4) is 0 Å². The van der Waals surface area contributed by atoms with Crippen molar-refractivity contribution in [3.05, 3.63) is 24.1 Å². The van der Waals surface area contributed by atoms with Gasteiger partial charge >= 0.3 is 0 Å². The van der Waals surface area contributed by atoms with Crippen molar-refractivity contribution in [2.45, 2.75) is 38.6 Å². The molecule has 1 aliphatic rings. The predicted molar refractivity (Wildman–Crippen MR) is 81.1 cm³/mol. The second-order valence-electron chi connectivity index (χ2n) is 5.65. The minimum atomic E-state index is -0.295. The fourth-order valence-corrected chi connectivity index (χ4v) is 2.78. The zero-order valence-electron chi connectivity index (χ0n) is 12.4. The van der Waals surface area contributed by atoms with Gasteiger partial charge in [-0.25, -0.2) is 8.91 Å². The van der Waals surface area contributed by atoms with Crippen LogP contribution in [0.2, 0.25) is 0 Å². The van der Waals surface area contributed by atoms with E-state index in [1.54, 1.807) is 6.07 Å². The molecule has 1 N–H and O–H groups in total. The number of hydrogen-bond donors (Lipinski definition) is 1. The molecule has 3 heterocycles. The molecule has 114 valence electrons. The van der Waals surface area contributed by atoms with Crippen molar-refractivity contribution < 1.29 is 4.39 Å². The highest BCUT2D eigenvalue weighted by Crippen LogP contribution is 2.15. The van der Waals surface area contributed by atoms with Crippen molar-refractivity contribution in [1.29, 1.82) is 0 Å². The van der Waals surface area contributed by atoms with Crippen LogP contribution in [0.3, 0.4) is 0 Å². The lowest BCUT2D eigenvalue weighted by Crippen LogP contribution is -2.38. The summed E-state index contributed by atoms with van der Waals surface area (Å²) in [4.78, 5) is 6.75. The lowest BCUT2D eigenvalue weighted by atomic mass is 10.2. The van der Waals surface area contributed by atoms with Gasteiger partial charge in [-0.15, -0.1) is 5.10 Å². The third kappa shape index (κ3) is 3.32. The van der Waals surface area contributed by atoms with E-state index in [2.05, 4.69) is 27.2 Å². The average Bonchev–Trinajstić information content (AvgIpc) is 3.11. The Morgan fingerprint density at radius 1 is 1.48 bits per heavy atom. The topological polar surface area (TPSA) is 45.5 Å². The van der Waals surface area contributed by atoms with Gasteiger partial charge in [0.05, 0.1) is 6.20 Å². The lowest BCUT2D eigenvalue weighted by Gasteiger charge is -2.24. The molecular formula is C15H22FN5. The SMILES string of the molecule is CCCCN(CC1CCCN1)c1nc2ccc(F)cn2n1. The quantitative estimate of drug-likeness (QED) is 0.886. The first-order valence-corrected chi connectivity index (χ1v) is 7.76. The maximum atomic E-state index is 13.3. The van der Waals surface area contributed by atoms with Crippen molar-refractivity contribution in [2.24, 2.45) is 0 Å². The van der Waals surface area contributed by atoms with E-state index in [0.717, 1.165) is 32.5 Å². The molecule has 1 atom stereocenters. The molecule has 0 aromatic carbocycles. The van der Waals surface area contributed by atoms with Gasteiger partial charge in [0.1, 0.15) is 5.82 Å². The number of nitrogens with one attached hydrogen (secondary N) is 1. The molecular weight excluding hydrogens is 269 g/mol. The van der Waals surface area contributed by atoms with Gasteiger partial charge in [-0.3, -0.25) is 0 Å². The zero-order chi connectivity index (χ0) is 14.7. The molecule has 0 bridgehead atoms. The van der Waals surface area contributed by atoms with Crippen LogP contribution in [0.1, 0.15) is 32.6 Å². The number of aromatic nitrogens is 3. The molecule has 1 fully saturated rings. The summed E-state index contributed by atoms with van der Waals surface area (Å²) in [5.74, 6) is 0.402. The molecule has 1 saturated heterocycles. The van der Waals surface area contributed by atoms with Gasteiger partial charge in [0.2, 0.25) is 5.95 Å². The van der Waals surface area contributed by atoms with Crippen LogP contribution in [0.25, 0.3) is 5.65 Å². The summed E-state index contributed by atoms with van der Waals surface area (Å²) in [6.45, 7) is 5.13. The van der Waals surface area contributed by atoms with Crippen molar-refractivity contribution in [3.63, 3.8) is 0 Å². The molecule has 1 aliphatic heterocycles. The van der Waals surface area contributed by atoms with Gasteiger partial charge in [0.25, 0.3) is 0 Å². The van der Waals surface area contributed by atoms with Gasteiger partial charge < -0.3 is 10.2 Å². The number of anilines is 1. The number of nitrogens with zero attached hydrogens (tertiary/aromatic N) is 4. The Balaban J connectivity index is 1.81. The van der Waals surface area contributed by atoms with Crippen LogP contribution in [0.5, 0.6) is 0 Å². The maximum Gasteiger partial charge on any atom is 0.245 e. The first-order valence-electron chi connectivity index (χ1n) is 7.76. The van der Waals surface area contributed by atoms with E-state index < -0.39 is 0 Å². The summed E-state index contributed by atoms with van der Waals surface area (Å²) in [7, 11) is 0. The molecule has 21 heavy (non-hydrogen) atoms. The number of rotatable bonds is 6. The van der Waals surface area contributed by atoms with Crippen LogP contribution in [0, 0.1) is 5.82 Å². The minimum absolute atomic E-state index is 0.295. The van der Waals surface area contributed by atoms with Crippen LogP contribution in [-0.4, -0.2) is 40.3 Å². The second-order valence-corrected chi connectivity index (χ2v) is 5.65. The maximum absolute atomic E-state index is 13.3. The van der Waals surface area contributed by atoms with Gasteiger partial charge in [-0.05, 0) is 37.9 Å². The van der Waals surface area contributed by atoms with Crippen LogP contribution in [0.4, 0.5) is 10.3 Å². The fraction of sp³-hybridized carbons (Fsp3) is 0.600. The molecule has 1 unspecified atom stereocenters. The Hall–Kier alpha value is -1.69. The molecule has 2 aromatic heterocycles. The standard InChI is InChI=1S/C15H22FN5/c1-2-3-9-20(11-13-5-4-8-17-13)15-18-14-7-6-12(16)10-21(14)19-15/h6-7,10,13,17H,2-5,8-9,11H2,1H3. The van der Waals surface area contributed by atoms with Crippen molar-refractivity contribution in [2.75, 3.05) is 24.5 Å². The normalized spacial score (nSPS) is 18.5. The molecule has 5 nitrogen and oxygen atoms in total. The van der Waals surface area contributed by atoms with Crippen LogP contribution >= 0.6 is 0 Å². The van der Waals surface area contributed by atoms with Crippen molar-refractivity contribution >= 4 is 11.6 Å². The largest absolute Gasteiger partial charge is 0.338 e. The fourth-order valence-electron chi connectivity index (χ4n) is 2.78. The molecule has 0 aliphatic carbocycles. The monoisotopic (exact) mass is 291 g/mol. The van der Waals surface area contributed by atoms with Gasteiger partial charge in [0.15, 0.2) is 5.65 Å². The average molecular weight is 291 g/mol. The summed E-state index contributed by atoms with van der Waals surface area (Å²) in [5, 5.41) is 7.94. The van der Waals surface area contributed by atoms with Crippen molar-refractivity contribution in [1.82, 2.24) is 19.9 Å². The van der Waals surface area contributed by atoms with Crippen LogP contribution in [0.15, 0.2) is 18.3 Å². The number of pyridine rings is 1. The van der Waals surface area contributed by atoms with E-state index in [0.29, 0.717) is 17.6 Å². The van der Waals surface area contributed by atoms with Crippen LogP contribution in [-0.2, 0) is 0 Å². The minimum Gasteiger partial charge on any atom is -0.338 e. The Morgan fingerprint density at radius 3 is 3.14 bits per heavy atom. The molecule has 6 heteroatoms. The Labute approximate surface area is 124 Å². The number of hydrogen-bond acceptors (Lipinski definition) is 4. The first-order chi connectivity index (χ1) is 10.3. The lowest BCUT2D eigenvalue weighted by molar-refractivity contribution is 0.565. The Kier molecular flexibility index (Phi) is 4.34. The summed E-state index contributed by atoms with van der Waals surface area (Å²) in [5.41, 5.74) is 0.687. The molecule has 2 aromatic rings. The van der Waals surface area contributed by atoms with E-state index in [-0.39, 0.29) is 5.82 Å². The van der Waals surface area contributed by atoms with Crippen LogP contribution < -0.4 is 10.2 Å².